The number of benzene rings is 2. The number of halogens is 1. The van der Waals surface area contributed by atoms with E-state index in [9.17, 15) is 4.79 Å². The fraction of sp³-hybridized carbons (Fsp3) is 0.516. The Kier molecular flexibility index (Phi) is 9.24. The topological polar surface area (TPSA) is 50.8 Å². The lowest BCUT2D eigenvalue weighted by Crippen LogP contribution is -2.44. The number of carbonyl (C=O) groups is 1. The molecule has 1 saturated carbocycles. The molecule has 4 atom stereocenters. The summed E-state index contributed by atoms with van der Waals surface area (Å²) in [5.74, 6) is 2.27. The molecule has 5 nitrogen and oxygen atoms in total. The third-order valence-electron chi connectivity index (χ3n) is 8.22. The van der Waals surface area contributed by atoms with Crippen molar-refractivity contribution in [1.29, 1.82) is 0 Å². The first-order valence-corrected chi connectivity index (χ1v) is 15.2. The molecule has 0 aromatic heterocycles. The number of anilines is 1. The number of carbonyl (C=O) groups excluding carboxylic acids is 1. The summed E-state index contributed by atoms with van der Waals surface area (Å²) in [5, 5.41) is 0.791. The number of nitrogens with zero attached hydrogens (tertiary/aromatic N) is 1. The van der Waals surface area contributed by atoms with Crippen LogP contribution in [0.5, 0.6) is 5.75 Å². The first-order valence-electron chi connectivity index (χ1n) is 14.0. The number of hydrogen-bond acceptors (Lipinski definition) is 5. The number of nitrogens with one attached hydrogen (secondary N) is 1. The number of ether oxygens (including phenoxy) is 2. The Bertz CT molecular complexity index is 1160. The molecule has 0 saturated heterocycles. The number of amides is 1. The lowest BCUT2D eigenvalue weighted by atomic mass is 9.70. The SMILES string of the molecule is CCCc1cc(Cl)ccc1C1COc2ccc3cc2N(C1)CC1CCC1C(OC)/C=C/CCCC(=O)NS3. The fourth-order valence-corrected chi connectivity index (χ4v) is 6.90. The second-order valence-corrected chi connectivity index (χ2v) is 12.1. The molecular formula is C31H39ClN2O3S. The van der Waals surface area contributed by atoms with Crippen LogP contribution in [0.2, 0.25) is 5.02 Å². The summed E-state index contributed by atoms with van der Waals surface area (Å²) >= 11 is 7.80. The van der Waals surface area contributed by atoms with Crippen molar-refractivity contribution in [1.82, 2.24) is 4.72 Å². The second-order valence-electron chi connectivity index (χ2n) is 10.8. The molecule has 2 aliphatic heterocycles. The van der Waals surface area contributed by atoms with Crippen molar-refractivity contribution < 1.29 is 14.3 Å². The van der Waals surface area contributed by atoms with Crippen LogP contribution in [0.1, 0.15) is 62.5 Å². The molecule has 2 aromatic rings. The Morgan fingerprint density at radius 1 is 1.18 bits per heavy atom. The van der Waals surface area contributed by atoms with E-state index in [2.05, 4.69) is 53.0 Å². The lowest BCUT2D eigenvalue weighted by Gasteiger charge is -2.43. The number of methoxy groups -OCH3 is 1. The van der Waals surface area contributed by atoms with Gasteiger partial charge >= 0.3 is 0 Å². The van der Waals surface area contributed by atoms with Crippen molar-refractivity contribution in [3.8, 4) is 5.75 Å². The quantitative estimate of drug-likeness (QED) is 0.320. The number of rotatable bonds is 4. The van der Waals surface area contributed by atoms with Crippen molar-refractivity contribution in [2.45, 2.75) is 68.8 Å². The van der Waals surface area contributed by atoms with Crippen LogP contribution in [0.4, 0.5) is 5.69 Å². The highest BCUT2D eigenvalue weighted by Gasteiger charge is 2.38. The fourth-order valence-electron chi connectivity index (χ4n) is 6.07. The minimum Gasteiger partial charge on any atom is -0.491 e. The summed E-state index contributed by atoms with van der Waals surface area (Å²) in [5.41, 5.74) is 3.76. The van der Waals surface area contributed by atoms with E-state index in [1.807, 2.05) is 19.2 Å². The van der Waals surface area contributed by atoms with Gasteiger partial charge in [-0.25, -0.2) is 0 Å². The predicted molar refractivity (Wildman–Crippen MR) is 156 cm³/mol. The first kappa shape index (κ1) is 27.4. The molecule has 4 unspecified atom stereocenters. The average Bonchev–Trinajstić information content (AvgIpc) is 3.08. The molecule has 0 spiro atoms. The molecule has 2 bridgehead atoms. The molecule has 204 valence electrons. The molecule has 1 fully saturated rings. The zero-order valence-corrected chi connectivity index (χ0v) is 24.0. The highest BCUT2D eigenvalue weighted by atomic mass is 35.5. The van der Waals surface area contributed by atoms with Gasteiger partial charge in [0.05, 0.1) is 18.4 Å². The molecule has 38 heavy (non-hydrogen) atoms. The van der Waals surface area contributed by atoms with Gasteiger partial charge in [-0.2, -0.15) is 0 Å². The van der Waals surface area contributed by atoms with Gasteiger partial charge in [0.25, 0.3) is 0 Å². The second kappa shape index (κ2) is 12.8. The van der Waals surface area contributed by atoms with Gasteiger partial charge in [0.15, 0.2) is 0 Å². The molecule has 0 radical (unpaired) electrons. The Morgan fingerprint density at radius 2 is 2.08 bits per heavy atom. The summed E-state index contributed by atoms with van der Waals surface area (Å²) in [6.45, 7) is 4.68. The van der Waals surface area contributed by atoms with E-state index >= 15 is 0 Å². The van der Waals surface area contributed by atoms with Gasteiger partial charge in [-0.1, -0.05) is 43.2 Å². The number of hydrogen-bond donors (Lipinski definition) is 1. The number of allylic oxidation sites excluding steroid dienone is 1. The molecule has 5 rings (SSSR count). The summed E-state index contributed by atoms with van der Waals surface area (Å²) in [6, 6.07) is 12.6. The molecule has 1 amide bonds. The molecule has 3 aliphatic rings. The molecule has 7 heteroatoms. The molecule has 2 aromatic carbocycles. The Hall–Kier alpha value is -2.15. The van der Waals surface area contributed by atoms with Gasteiger partial charge in [0.1, 0.15) is 5.75 Å². The van der Waals surface area contributed by atoms with Gasteiger partial charge < -0.3 is 14.4 Å². The first-order chi connectivity index (χ1) is 18.6. The van der Waals surface area contributed by atoms with Crippen molar-refractivity contribution in [2.75, 3.05) is 31.7 Å². The van der Waals surface area contributed by atoms with Gasteiger partial charge in [-0.3, -0.25) is 9.52 Å². The Labute approximate surface area is 236 Å². The van der Waals surface area contributed by atoms with E-state index in [1.165, 1.54) is 35.9 Å². The molecular weight excluding hydrogens is 516 g/mol. The van der Waals surface area contributed by atoms with Gasteiger partial charge in [0, 0.05) is 42.5 Å². The minimum absolute atomic E-state index is 0.0622. The molecule has 2 heterocycles. The summed E-state index contributed by atoms with van der Waals surface area (Å²) in [4.78, 5) is 16.0. The smallest absolute Gasteiger partial charge is 0.230 e. The third kappa shape index (κ3) is 6.35. The van der Waals surface area contributed by atoms with E-state index in [-0.39, 0.29) is 17.9 Å². The molecule has 1 N–H and O–H groups in total. The van der Waals surface area contributed by atoms with Crippen molar-refractivity contribution in [3.05, 3.63) is 64.7 Å². The minimum atomic E-state index is 0.0622. The maximum absolute atomic E-state index is 12.4. The van der Waals surface area contributed by atoms with Crippen LogP contribution in [0.15, 0.2) is 53.4 Å². The normalized spacial score (nSPS) is 26.8. The highest BCUT2D eigenvalue weighted by Crippen LogP contribution is 2.43. The summed E-state index contributed by atoms with van der Waals surface area (Å²) in [7, 11) is 1.82. The third-order valence-corrected chi connectivity index (χ3v) is 9.28. The monoisotopic (exact) mass is 554 g/mol. The van der Waals surface area contributed by atoms with Crippen LogP contribution in [-0.2, 0) is 16.0 Å². The highest BCUT2D eigenvalue weighted by molar-refractivity contribution is 7.98. The lowest BCUT2D eigenvalue weighted by molar-refractivity contribution is -0.119. The van der Waals surface area contributed by atoms with Crippen molar-refractivity contribution in [2.24, 2.45) is 11.8 Å². The van der Waals surface area contributed by atoms with E-state index in [4.69, 9.17) is 21.1 Å². The van der Waals surface area contributed by atoms with E-state index in [1.54, 1.807) is 0 Å². The predicted octanol–water partition coefficient (Wildman–Crippen LogP) is 7.18. The van der Waals surface area contributed by atoms with Crippen molar-refractivity contribution in [3.63, 3.8) is 0 Å². The van der Waals surface area contributed by atoms with Gasteiger partial charge in [-0.15, -0.1) is 0 Å². The van der Waals surface area contributed by atoms with Crippen LogP contribution < -0.4 is 14.4 Å². The van der Waals surface area contributed by atoms with Crippen LogP contribution in [0.25, 0.3) is 0 Å². The standard InChI is InChI=1S/C31H39ClN2O3S/c1-3-7-21-16-24(32)11-14-26(21)23-19-34-18-22-10-13-27(22)29(36-2)8-5-4-6-9-31(35)33-38-25-12-15-30(37-20-23)28(34)17-25/h5,8,11-12,14-17,22-23,27,29H,3-4,6-7,9-10,13,18-20H2,1-2H3,(H,33,35)/b8-5+. The van der Waals surface area contributed by atoms with Crippen LogP contribution in [0, 0.1) is 11.8 Å². The van der Waals surface area contributed by atoms with E-state index in [0.29, 0.717) is 24.9 Å². The maximum atomic E-state index is 12.4. The zero-order chi connectivity index (χ0) is 26.5. The maximum Gasteiger partial charge on any atom is 0.230 e. The average molecular weight is 555 g/mol. The Morgan fingerprint density at radius 3 is 2.87 bits per heavy atom. The van der Waals surface area contributed by atoms with Gasteiger partial charge in [-0.05, 0) is 97.3 Å². The van der Waals surface area contributed by atoms with E-state index < -0.39 is 0 Å². The number of aryl methyl sites for hydroxylation is 1. The zero-order valence-electron chi connectivity index (χ0n) is 22.5. The molecule has 1 aliphatic carbocycles. The Balaban J connectivity index is 1.49. The van der Waals surface area contributed by atoms with Gasteiger partial charge in [0.2, 0.25) is 5.91 Å². The number of fused-ring (bicyclic) bond motifs is 2. The van der Waals surface area contributed by atoms with Crippen LogP contribution in [-0.4, -0.2) is 38.8 Å². The van der Waals surface area contributed by atoms with Crippen LogP contribution >= 0.6 is 23.5 Å². The van der Waals surface area contributed by atoms with Crippen molar-refractivity contribution >= 4 is 35.1 Å². The largest absolute Gasteiger partial charge is 0.491 e. The summed E-state index contributed by atoms with van der Waals surface area (Å²) < 4.78 is 15.4. The van der Waals surface area contributed by atoms with E-state index in [0.717, 1.165) is 60.1 Å². The summed E-state index contributed by atoms with van der Waals surface area (Å²) in [6.07, 6.45) is 11.3. The van der Waals surface area contributed by atoms with Crippen LogP contribution in [0.3, 0.4) is 0 Å².